The van der Waals surface area contributed by atoms with Gasteiger partial charge in [0.25, 0.3) is 0 Å². The van der Waals surface area contributed by atoms with Crippen LogP contribution in [0.4, 0.5) is 0 Å². The van der Waals surface area contributed by atoms with Crippen LogP contribution in [0.25, 0.3) is 0 Å². The first-order valence-electron chi connectivity index (χ1n) is 6.27. The van der Waals surface area contributed by atoms with Crippen LogP contribution in [0.3, 0.4) is 0 Å². The summed E-state index contributed by atoms with van der Waals surface area (Å²) in [6.07, 6.45) is 2.46. The number of benzene rings is 1. The third-order valence-electron chi connectivity index (χ3n) is 2.61. The molecule has 1 aromatic rings. The molecule has 0 aromatic heterocycles. The Morgan fingerprint density at radius 1 is 1.18 bits per heavy atom. The van der Waals surface area contributed by atoms with Crippen molar-refractivity contribution in [1.82, 2.24) is 5.32 Å². The van der Waals surface area contributed by atoms with Crippen molar-refractivity contribution in [3.8, 4) is 11.5 Å². The number of ether oxygens (including phenoxy) is 2. The van der Waals surface area contributed by atoms with Gasteiger partial charge in [-0.3, -0.25) is 0 Å². The highest BCUT2D eigenvalue weighted by atomic mass is 16.5. The normalized spacial score (nSPS) is 12.2. The molecule has 1 rings (SSSR count). The van der Waals surface area contributed by atoms with E-state index in [0.717, 1.165) is 37.4 Å². The molecule has 96 valence electrons. The first-order chi connectivity index (χ1) is 8.26. The van der Waals surface area contributed by atoms with E-state index in [0.29, 0.717) is 0 Å². The van der Waals surface area contributed by atoms with Crippen LogP contribution in [0.15, 0.2) is 24.3 Å². The molecule has 0 amide bonds. The van der Waals surface area contributed by atoms with Gasteiger partial charge in [-0.1, -0.05) is 6.92 Å². The van der Waals surface area contributed by atoms with E-state index in [4.69, 9.17) is 9.47 Å². The van der Waals surface area contributed by atoms with E-state index in [1.54, 1.807) is 7.11 Å². The summed E-state index contributed by atoms with van der Waals surface area (Å²) in [4.78, 5) is 0. The van der Waals surface area contributed by atoms with Crippen LogP contribution < -0.4 is 14.8 Å². The Morgan fingerprint density at radius 2 is 1.82 bits per heavy atom. The van der Waals surface area contributed by atoms with Crippen LogP contribution in [0, 0.1) is 0 Å². The fraction of sp³-hybridized carbons (Fsp3) is 0.571. The van der Waals surface area contributed by atoms with Crippen LogP contribution in [0.2, 0.25) is 0 Å². The predicted octanol–water partition coefficient (Wildman–Crippen LogP) is 2.85. The quantitative estimate of drug-likeness (QED) is 0.705. The number of hydrogen-bond donors (Lipinski definition) is 1. The Kier molecular flexibility index (Phi) is 6.48. The second-order valence-corrected chi connectivity index (χ2v) is 4.10. The molecule has 0 fully saturated rings. The molecule has 1 aromatic carbocycles. The lowest BCUT2D eigenvalue weighted by atomic mass is 10.2. The van der Waals surface area contributed by atoms with E-state index in [-0.39, 0.29) is 6.10 Å². The Labute approximate surface area is 104 Å². The topological polar surface area (TPSA) is 30.5 Å². The minimum absolute atomic E-state index is 0.252. The summed E-state index contributed by atoms with van der Waals surface area (Å²) in [5.74, 6) is 1.76. The molecule has 1 N–H and O–H groups in total. The van der Waals surface area contributed by atoms with Gasteiger partial charge in [0.1, 0.15) is 11.5 Å². The molecule has 0 radical (unpaired) electrons. The molecule has 0 saturated carbocycles. The number of nitrogens with one attached hydrogen (secondary N) is 1. The van der Waals surface area contributed by atoms with Crippen LogP contribution in [-0.4, -0.2) is 26.3 Å². The molecule has 3 heteroatoms. The maximum Gasteiger partial charge on any atom is 0.119 e. The molecule has 0 aliphatic carbocycles. The van der Waals surface area contributed by atoms with Gasteiger partial charge in [-0.2, -0.15) is 0 Å². The SMILES string of the molecule is CCNCCCC(C)Oc1ccc(OC)cc1. The van der Waals surface area contributed by atoms with Crippen molar-refractivity contribution in [2.45, 2.75) is 32.8 Å². The predicted molar refractivity (Wildman–Crippen MR) is 70.9 cm³/mol. The minimum atomic E-state index is 0.252. The largest absolute Gasteiger partial charge is 0.497 e. The van der Waals surface area contributed by atoms with Crippen molar-refractivity contribution in [1.29, 1.82) is 0 Å². The number of hydrogen-bond acceptors (Lipinski definition) is 3. The molecule has 1 unspecified atom stereocenters. The van der Waals surface area contributed by atoms with Crippen molar-refractivity contribution in [2.24, 2.45) is 0 Å². The van der Waals surface area contributed by atoms with Gasteiger partial charge in [-0.05, 0) is 57.1 Å². The molecule has 3 nitrogen and oxygen atoms in total. The van der Waals surface area contributed by atoms with E-state index < -0.39 is 0 Å². The van der Waals surface area contributed by atoms with E-state index in [1.165, 1.54) is 0 Å². The maximum atomic E-state index is 5.81. The van der Waals surface area contributed by atoms with Crippen LogP contribution in [0.1, 0.15) is 26.7 Å². The summed E-state index contributed by atoms with van der Waals surface area (Å²) in [7, 11) is 1.67. The van der Waals surface area contributed by atoms with Crippen LogP contribution in [0.5, 0.6) is 11.5 Å². The Hall–Kier alpha value is -1.22. The summed E-state index contributed by atoms with van der Waals surface area (Å²) in [5.41, 5.74) is 0. The van der Waals surface area contributed by atoms with Gasteiger partial charge in [0.2, 0.25) is 0 Å². The molecule has 0 heterocycles. The van der Waals surface area contributed by atoms with Crippen molar-refractivity contribution in [2.75, 3.05) is 20.2 Å². The second-order valence-electron chi connectivity index (χ2n) is 4.10. The first-order valence-corrected chi connectivity index (χ1v) is 6.27. The molecule has 1 atom stereocenters. The summed E-state index contributed by atoms with van der Waals surface area (Å²) in [5, 5.41) is 3.31. The van der Waals surface area contributed by atoms with Gasteiger partial charge in [-0.15, -0.1) is 0 Å². The Morgan fingerprint density at radius 3 is 2.41 bits per heavy atom. The highest BCUT2D eigenvalue weighted by Gasteiger charge is 2.03. The van der Waals surface area contributed by atoms with Gasteiger partial charge < -0.3 is 14.8 Å². The standard InChI is InChI=1S/C14H23NO2/c1-4-15-11-5-6-12(2)17-14-9-7-13(16-3)8-10-14/h7-10,12,15H,4-6,11H2,1-3H3. The molecule has 0 spiro atoms. The maximum absolute atomic E-state index is 5.81. The molecular formula is C14H23NO2. The zero-order valence-corrected chi connectivity index (χ0v) is 11.0. The fourth-order valence-electron chi connectivity index (χ4n) is 1.64. The van der Waals surface area contributed by atoms with Gasteiger partial charge in [-0.25, -0.2) is 0 Å². The third-order valence-corrected chi connectivity index (χ3v) is 2.61. The zero-order chi connectivity index (χ0) is 12.5. The highest BCUT2D eigenvalue weighted by molar-refractivity contribution is 5.31. The zero-order valence-electron chi connectivity index (χ0n) is 11.0. The lowest BCUT2D eigenvalue weighted by molar-refractivity contribution is 0.207. The number of rotatable bonds is 8. The van der Waals surface area contributed by atoms with Crippen molar-refractivity contribution < 1.29 is 9.47 Å². The van der Waals surface area contributed by atoms with Crippen molar-refractivity contribution >= 4 is 0 Å². The monoisotopic (exact) mass is 237 g/mol. The second kappa shape index (κ2) is 7.96. The summed E-state index contributed by atoms with van der Waals surface area (Å²) in [6, 6.07) is 7.72. The summed E-state index contributed by atoms with van der Waals surface area (Å²) >= 11 is 0. The molecule has 0 aliphatic rings. The summed E-state index contributed by atoms with van der Waals surface area (Å²) in [6.45, 7) is 6.33. The van der Waals surface area contributed by atoms with Crippen LogP contribution >= 0.6 is 0 Å². The smallest absolute Gasteiger partial charge is 0.119 e. The Bertz CT molecular complexity index is 298. The van der Waals surface area contributed by atoms with Gasteiger partial charge in [0.05, 0.1) is 13.2 Å². The summed E-state index contributed by atoms with van der Waals surface area (Å²) < 4.78 is 10.9. The van der Waals surface area contributed by atoms with Gasteiger partial charge >= 0.3 is 0 Å². The van der Waals surface area contributed by atoms with E-state index in [9.17, 15) is 0 Å². The van der Waals surface area contributed by atoms with E-state index in [2.05, 4.69) is 19.2 Å². The highest BCUT2D eigenvalue weighted by Crippen LogP contribution is 2.18. The lowest BCUT2D eigenvalue weighted by Crippen LogP contribution is -2.18. The average molecular weight is 237 g/mol. The van der Waals surface area contributed by atoms with Crippen molar-refractivity contribution in [3.63, 3.8) is 0 Å². The van der Waals surface area contributed by atoms with Gasteiger partial charge in [0.15, 0.2) is 0 Å². The molecule has 0 aliphatic heterocycles. The molecular weight excluding hydrogens is 214 g/mol. The minimum Gasteiger partial charge on any atom is -0.497 e. The molecule has 0 bridgehead atoms. The van der Waals surface area contributed by atoms with Gasteiger partial charge in [0, 0.05) is 0 Å². The van der Waals surface area contributed by atoms with Crippen LogP contribution in [-0.2, 0) is 0 Å². The number of methoxy groups -OCH3 is 1. The average Bonchev–Trinajstić information content (AvgIpc) is 2.36. The first kappa shape index (κ1) is 13.8. The lowest BCUT2D eigenvalue weighted by Gasteiger charge is -2.14. The fourth-order valence-corrected chi connectivity index (χ4v) is 1.64. The third kappa shape index (κ3) is 5.59. The van der Waals surface area contributed by atoms with E-state index >= 15 is 0 Å². The van der Waals surface area contributed by atoms with Crippen molar-refractivity contribution in [3.05, 3.63) is 24.3 Å². The molecule has 17 heavy (non-hydrogen) atoms. The Balaban J connectivity index is 2.26. The molecule has 0 saturated heterocycles. The van der Waals surface area contributed by atoms with E-state index in [1.807, 2.05) is 24.3 Å².